The molecule has 1 unspecified atom stereocenters. The van der Waals surface area contributed by atoms with Gasteiger partial charge in [-0.05, 0) is 23.4 Å². The number of nitrogens with zero attached hydrogens (tertiary/aromatic N) is 3. The van der Waals surface area contributed by atoms with Gasteiger partial charge < -0.3 is 10.1 Å². The third-order valence-corrected chi connectivity index (χ3v) is 2.66. The number of halogens is 1. The van der Waals surface area contributed by atoms with E-state index in [9.17, 15) is 0 Å². The van der Waals surface area contributed by atoms with E-state index in [-0.39, 0.29) is 11.3 Å². The van der Waals surface area contributed by atoms with Crippen LogP contribution in [0.2, 0.25) is 5.28 Å². The number of ether oxygens (including phenoxy) is 1. The van der Waals surface area contributed by atoms with E-state index in [1.165, 1.54) is 7.11 Å². The van der Waals surface area contributed by atoms with Gasteiger partial charge in [0, 0.05) is 6.54 Å². The number of aromatic nitrogens is 3. The van der Waals surface area contributed by atoms with Gasteiger partial charge in [0.25, 0.3) is 0 Å². The van der Waals surface area contributed by atoms with Gasteiger partial charge in [-0.1, -0.05) is 20.8 Å². The Kier molecular flexibility index (Phi) is 4.73. The van der Waals surface area contributed by atoms with Crippen LogP contribution in [-0.4, -0.2) is 28.6 Å². The van der Waals surface area contributed by atoms with Crippen molar-refractivity contribution in [3.05, 3.63) is 5.28 Å². The van der Waals surface area contributed by atoms with Crippen molar-refractivity contribution in [2.24, 2.45) is 11.8 Å². The molecule has 0 amide bonds. The molecule has 0 aromatic carbocycles. The molecule has 1 aromatic rings. The molecule has 16 heavy (non-hydrogen) atoms. The van der Waals surface area contributed by atoms with Crippen LogP contribution in [0.5, 0.6) is 6.01 Å². The third-order valence-electron chi connectivity index (χ3n) is 2.49. The van der Waals surface area contributed by atoms with Crippen molar-refractivity contribution >= 4 is 17.5 Å². The standard InChI is InChI=1S/C10H17ClN4O/c1-6(2)7(3)5-12-9-13-8(11)14-10(15-9)16-4/h6-7H,5H2,1-4H3,(H,12,13,14,15). The summed E-state index contributed by atoms with van der Waals surface area (Å²) >= 11 is 5.72. The van der Waals surface area contributed by atoms with Gasteiger partial charge >= 0.3 is 6.01 Å². The highest BCUT2D eigenvalue weighted by atomic mass is 35.5. The molecule has 0 aliphatic rings. The summed E-state index contributed by atoms with van der Waals surface area (Å²) in [4.78, 5) is 11.8. The van der Waals surface area contributed by atoms with Gasteiger partial charge in [0.15, 0.2) is 0 Å². The molecule has 90 valence electrons. The molecule has 0 saturated heterocycles. The number of anilines is 1. The number of rotatable bonds is 5. The summed E-state index contributed by atoms with van der Waals surface area (Å²) in [7, 11) is 1.49. The molecule has 1 N–H and O–H groups in total. The second-order valence-electron chi connectivity index (χ2n) is 4.02. The van der Waals surface area contributed by atoms with Crippen molar-refractivity contribution in [1.82, 2.24) is 15.0 Å². The van der Waals surface area contributed by atoms with E-state index in [4.69, 9.17) is 16.3 Å². The van der Waals surface area contributed by atoms with Gasteiger partial charge in [0.1, 0.15) is 0 Å². The molecular weight excluding hydrogens is 228 g/mol. The first-order chi connectivity index (χ1) is 7.52. The summed E-state index contributed by atoms with van der Waals surface area (Å²) in [5.41, 5.74) is 0. The summed E-state index contributed by atoms with van der Waals surface area (Å²) in [6.07, 6.45) is 0. The maximum atomic E-state index is 5.72. The van der Waals surface area contributed by atoms with Gasteiger partial charge in [-0.25, -0.2) is 0 Å². The minimum absolute atomic E-state index is 0.131. The predicted octanol–water partition coefficient (Wildman–Crippen LogP) is 2.24. The van der Waals surface area contributed by atoms with Crippen molar-refractivity contribution in [1.29, 1.82) is 0 Å². The highest BCUT2D eigenvalue weighted by Crippen LogP contribution is 2.13. The zero-order chi connectivity index (χ0) is 12.1. The lowest BCUT2D eigenvalue weighted by Crippen LogP contribution is -2.17. The third kappa shape index (κ3) is 3.81. The van der Waals surface area contributed by atoms with E-state index in [1.807, 2.05) is 0 Å². The SMILES string of the molecule is COc1nc(Cl)nc(NCC(C)C(C)C)n1. The fraction of sp³-hybridized carbons (Fsp3) is 0.700. The summed E-state index contributed by atoms with van der Waals surface area (Å²) in [5.74, 6) is 1.58. The average Bonchev–Trinajstić information content (AvgIpc) is 2.24. The van der Waals surface area contributed by atoms with Crippen LogP contribution in [0.3, 0.4) is 0 Å². The minimum Gasteiger partial charge on any atom is -0.467 e. The van der Waals surface area contributed by atoms with Crippen LogP contribution in [0.25, 0.3) is 0 Å². The van der Waals surface area contributed by atoms with Crippen molar-refractivity contribution < 1.29 is 4.74 Å². The summed E-state index contributed by atoms with van der Waals surface area (Å²) in [6.45, 7) is 7.31. The predicted molar refractivity (Wildman–Crippen MR) is 63.9 cm³/mol. The number of hydrogen-bond donors (Lipinski definition) is 1. The maximum Gasteiger partial charge on any atom is 0.322 e. The molecule has 1 heterocycles. The summed E-state index contributed by atoms with van der Waals surface area (Å²) in [6, 6.07) is 0.222. The molecule has 0 fully saturated rings. The summed E-state index contributed by atoms with van der Waals surface area (Å²) < 4.78 is 4.90. The second kappa shape index (κ2) is 5.84. The first-order valence-corrected chi connectivity index (χ1v) is 5.60. The molecule has 0 radical (unpaired) electrons. The van der Waals surface area contributed by atoms with Crippen LogP contribution in [0.15, 0.2) is 0 Å². The molecule has 0 aliphatic heterocycles. The Balaban J connectivity index is 2.63. The molecule has 0 bridgehead atoms. The van der Waals surface area contributed by atoms with E-state index in [1.54, 1.807) is 0 Å². The van der Waals surface area contributed by atoms with Crippen LogP contribution < -0.4 is 10.1 Å². The van der Waals surface area contributed by atoms with Gasteiger partial charge in [-0.15, -0.1) is 0 Å². The van der Waals surface area contributed by atoms with Crippen LogP contribution in [0.1, 0.15) is 20.8 Å². The Morgan fingerprint density at radius 3 is 2.50 bits per heavy atom. The maximum absolute atomic E-state index is 5.72. The van der Waals surface area contributed by atoms with Crippen molar-refractivity contribution in [3.8, 4) is 6.01 Å². The smallest absolute Gasteiger partial charge is 0.322 e. The fourth-order valence-electron chi connectivity index (χ4n) is 0.990. The zero-order valence-electron chi connectivity index (χ0n) is 9.99. The average molecular weight is 245 g/mol. The Bertz CT molecular complexity index is 346. The van der Waals surface area contributed by atoms with E-state index in [2.05, 4.69) is 41.0 Å². The monoisotopic (exact) mass is 244 g/mol. The first-order valence-electron chi connectivity index (χ1n) is 5.22. The number of hydrogen-bond acceptors (Lipinski definition) is 5. The molecular formula is C10H17ClN4O. The summed E-state index contributed by atoms with van der Waals surface area (Å²) in [5, 5.41) is 3.25. The molecule has 6 heteroatoms. The van der Waals surface area contributed by atoms with Crippen LogP contribution in [0, 0.1) is 11.8 Å². The Hall–Kier alpha value is -1.10. The van der Waals surface area contributed by atoms with Crippen molar-refractivity contribution in [2.75, 3.05) is 19.0 Å². The Morgan fingerprint density at radius 1 is 1.25 bits per heavy atom. The largest absolute Gasteiger partial charge is 0.467 e. The van der Waals surface area contributed by atoms with E-state index in [0.717, 1.165) is 6.54 Å². The first kappa shape index (κ1) is 13.0. The molecule has 1 atom stereocenters. The number of nitrogens with one attached hydrogen (secondary N) is 1. The quantitative estimate of drug-likeness (QED) is 0.861. The lowest BCUT2D eigenvalue weighted by molar-refractivity contribution is 0.378. The Labute approximate surface area is 101 Å². The van der Waals surface area contributed by atoms with Crippen molar-refractivity contribution in [3.63, 3.8) is 0 Å². The molecule has 0 aliphatic carbocycles. The van der Waals surface area contributed by atoms with E-state index in [0.29, 0.717) is 17.8 Å². The number of methoxy groups -OCH3 is 1. The fourth-order valence-corrected chi connectivity index (χ4v) is 1.14. The topological polar surface area (TPSA) is 59.9 Å². The highest BCUT2D eigenvalue weighted by molar-refractivity contribution is 6.28. The van der Waals surface area contributed by atoms with Crippen LogP contribution in [0.4, 0.5) is 5.95 Å². The lowest BCUT2D eigenvalue weighted by Gasteiger charge is -2.15. The molecule has 5 nitrogen and oxygen atoms in total. The van der Waals surface area contributed by atoms with Gasteiger partial charge in [-0.3, -0.25) is 0 Å². The van der Waals surface area contributed by atoms with Gasteiger partial charge in [-0.2, -0.15) is 15.0 Å². The second-order valence-corrected chi connectivity index (χ2v) is 4.36. The normalized spacial score (nSPS) is 12.6. The lowest BCUT2D eigenvalue weighted by atomic mass is 9.98. The van der Waals surface area contributed by atoms with E-state index < -0.39 is 0 Å². The minimum atomic E-state index is 0.131. The van der Waals surface area contributed by atoms with Crippen LogP contribution in [-0.2, 0) is 0 Å². The Morgan fingerprint density at radius 2 is 1.94 bits per heavy atom. The van der Waals surface area contributed by atoms with Gasteiger partial charge in [0.2, 0.25) is 11.2 Å². The highest BCUT2D eigenvalue weighted by Gasteiger charge is 2.09. The van der Waals surface area contributed by atoms with Crippen LogP contribution >= 0.6 is 11.6 Å². The molecule has 0 spiro atoms. The molecule has 1 aromatic heterocycles. The molecule has 0 saturated carbocycles. The van der Waals surface area contributed by atoms with Gasteiger partial charge in [0.05, 0.1) is 7.11 Å². The van der Waals surface area contributed by atoms with E-state index >= 15 is 0 Å². The zero-order valence-corrected chi connectivity index (χ0v) is 10.7. The van der Waals surface area contributed by atoms with Crippen molar-refractivity contribution in [2.45, 2.75) is 20.8 Å². The molecule has 1 rings (SSSR count).